The van der Waals surface area contributed by atoms with Crippen LogP contribution in [0.15, 0.2) is 29.2 Å². The zero-order chi connectivity index (χ0) is 12.6. The molecule has 5 heteroatoms. The van der Waals surface area contributed by atoms with Crippen LogP contribution in [0.2, 0.25) is 0 Å². The largest absolute Gasteiger partial charge is 0.508 e. The third-order valence-corrected chi connectivity index (χ3v) is 2.64. The number of hydrogen-bond acceptors (Lipinski definition) is 3. The number of aromatic hydroxyl groups is 1. The van der Waals surface area contributed by atoms with Crippen molar-refractivity contribution in [1.29, 1.82) is 0 Å². The Bertz CT molecular complexity index is 657. The fourth-order valence-electron chi connectivity index (χ4n) is 1.79. The van der Waals surface area contributed by atoms with E-state index in [1.807, 2.05) is 6.92 Å². The van der Waals surface area contributed by atoms with E-state index >= 15 is 0 Å². The van der Waals surface area contributed by atoms with Crippen LogP contribution in [-0.4, -0.2) is 20.7 Å². The van der Waals surface area contributed by atoms with E-state index in [1.54, 1.807) is 4.57 Å². The smallest absolute Gasteiger partial charge is 0.341 e. The van der Waals surface area contributed by atoms with Gasteiger partial charge in [0.2, 0.25) is 5.43 Å². The van der Waals surface area contributed by atoms with Crippen molar-refractivity contribution in [2.75, 3.05) is 0 Å². The number of carboxylic acid groups (broad SMARTS) is 1. The van der Waals surface area contributed by atoms with Crippen molar-refractivity contribution in [3.63, 3.8) is 0 Å². The molecule has 2 aromatic rings. The standard InChI is InChI=1S/C12H11NO4/c1-2-13-6-9(12(16)17)11(15)8-4-3-7(14)5-10(8)13/h3-6,14H,2H2,1H3,(H,16,17). The highest BCUT2D eigenvalue weighted by Crippen LogP contribution is 2.18. The maximum atomic E-state index is 11.9. The number of benzene rings is 1. The quantitative estimate of drug-likeness (QED) is 0.822. The van der Waals surface area contributed by atoms with Gasteiger partial charge in [-0.2, -0.15) is 0 Å². The van der Waals surface area contributed by atoms with Crippen molar-refractivity contribution in [1.82, 2.24) is 4.57 Å². The number of rotatable bonds is 2. The van der Waals surface area contributed by atoms with Crippen LogP contribution in [0.3, 0.4) is 0 Å². The zero-order valence-electron chi connectivity index (χ0n) is 9.17. The first-order chi connectivity index (χ1) is 8.04. The van der Waals surface area contributed by atoms with E-state index in [2.05, 4.69) is 0 Å². The molecule has 0 saturated carbocycles. The van der Waals surface area contributed by atoms with Gasteiger partial charge < -0.3 is 14.8 Å². The molecule has 0 amide bonds. The van der Waals surface area contributed by atoms with Gasteiger partial charge in [-0.15, -0.1) is 0 Å². The number of phenolic OH excluding ortho intramolecular Hbond substituents is 1. The summed E-state index contributed by atoms with van der Waals surface area (Å²) in [5.41, 5.74) is -0.260. The molecule has 0 saturated heterocycles. The first-order valence-corrected chi connectivity index (χ1v) is 5.14. The average Bonchev–Trinajstić information content (AvgIpc) is 2.29. The van der Waals surface area contributed by atoms with Crippen molar-refractivity contribution in [2.45, 2.75) is 13.5 Å². The normalized spacial score (nSPS) is 10.6. The highest BCUT2D eigenvalue weighted by Gasteiger charge is 2.13. The number of carbonyl (C=O) groups is 1. The molecule has 0 bridgehead atoms. The highest BCUT2D eigenvalue weighted by atomic mass is 16.4. The number of fused-ring (bicyclic) bond motifs is 1. The van der Waals surface area contributed by atoms with Crippen molar-refractivity contribution in [3.8, 4) is 5.75 Å². The minimum absolute atomic E-state index is 0.0437. The first kappa shape index (κ1) is 11.2. The second kappa shape index (κ2) is 3.93. The van der Waals surface area contributed by atoms with Crippen molar-refractivity contribution < 1.29 is 15.0 Å². The van der Waals surface area contributed by atoms with Crippen LogP contribution in [0.5, 0.6) is 5.75 Å². The van der Waals surface area contributed by atoms with Gasteiger partial charge in [0, 0.05) is 24.2 Å². The lowest BCUT2D eigenvalue weighted by atomic mass is 10.1. The molecule has 0 aliphatic heterocycles. The minimum atomic E-state index is -1.24. The summed E-state index contributed by atoms with van der Waals surface area (Å²) in [5, 5.41) is 18.6. The van der Waals surface area contributed by atoms with E-state index in [4.69, 9.17) is 5.11 Å². The summed E-state index contributed by atoms with van der Waals surface area (Å²) in [6, 6.07) is 4.26. The molecule has 1 aromatic carbocycles. The number of aromatic nitrogens is 1. The summed E-state index contributed by atoms with van der Waals surface area (Å²) < 4.78 is 1.62. The van der Waals surface area contributed by atoms with Gasteiger partial charge in [0.15, 0.2) is 0 Å². The Kier molecular flexibility index (Phi) is 2.59. The summed E-state index contributed by atoms with van der Waals surface area (Å²) >= 11 is 0. The Hall–Kier alpha value is -2.30. The second-order valence-electron chi connectivity index (χ2n) is 3.66. The van der Waals surface area contributed by atoms with Crippen molar-refractivity contribution >= 4 is 16.9 Å². The summed E-state index contributed by atoms with van der Waals surface area (Å²) in [6.07, 6.45) is 1.30. The van der Waals surface area contributed by atoms with E-state index < -0.39 is 11.4 Å². The second-order valence-corrected chi connectivity index (χ2v) is 3.66. The fraction of sp³-hybridized carbons (Fsp3) is 0.167. The number of aromatic carboxylic acids is 1. The van der Waals surface area contributed by atoms with Crippen molar-refractivity contribution in [2.24, 2.45) is 0 Å². The summed E-state index contributed by atoms with van der Waals surface area (Å²) in [7, 11) is 0. The molecular formula is C12H11NO4. The fourth-order valence-corrected chi connectivity index (χ4v) is 1.79. The molecule has 0 radical (unpaired) electrons. The predicted octanol–water partition coefficient (Wildman–Crippen LogP) is 1.43. The molecule has 0 unspecified atom stereocenters. The van der Waals surface area contributed by atoms with Crippen LogP contribution in [-0.2, 0) is 6.54 Å². The molecule has 0 spiro atoms. The maximum absolute atomic E-state index is 11.9. The molecule has 0 fully saturated rings. The van der Waals surface area contributed by atoms with E-state index in [1.165, 1.54) is 24.4 Å². The molecule has 0 aliphatic carbocycles. The van der Waals surface area contributed by atoms with Gasteiger partial charge in [0.1, 0.15) is 11.3 Å². The van der Waals surface area contributed by atoms with Crippen LogP contribution in [0.1, 0.15) is 17.3 Å². The van der Waals surface area contributed by atoms with E-state index in [0.717, 1.165) is 0 Å². The van der Waals surface area contributed by atoms with Gasteiger partial charge in [-0.25, -0.2) is 4.79 Å². The number of hydrogen-bond donors (Lipinski definition) is 2. The average molecular weight is 233 g/mol. The SMILES string of the molecule is CCn1cc(C(=O)O)c(=O)c2ccc(O)cc21. The van der Waals surface area contributed by atoms with Crippen LogP contribution < -0.4 is 5.43 Å². The molecule has 5 nitrogen and oxygen atoms in total. The van der Waals surface area contributed by atoms with E-state index in [0.29, 0.717) is 17.4 Å². The van der Waals surface area contributed by atoms with Gasteiger partial charge in [-0.05, 0) is 19.1 Å². The van der Waals surface area contributed by atoms with Crippen LogP contribution >= 0.6 is 0 Å². The lowest BCUT2D eigenvalue weighted by Crippen LogP contribution is -2.18. The number of pyridine rings is 1. The Morgan fingerprint density at radius 2 is 2.12 bits per heavy atom. The highest BCUT2D eigenvalue weighted by molar-refractivity contribution is 5.92. The maximum Gasteiger partial charge on any atom is 0.341 e. The first-order valence-electron chi connectivity index (χ1n) is 5.14. The lowest BCUT2D eigenvalue weighted by molar-refractivity contribution is 0.0695. The molecule has 1 heterocycles. The monoisotopic (exact) mass is 233 g/mol. The molecule has 2 rings (SSSR count). The zero-order valence-corrected chi connectivity index (χ0v) is 9.17. The minimum Gasteiger partial charge on any atom is -0.508 e. The third-order valence-electron chi connectivity index (χ3n) is 2.64. The number of phenols is 1. The van der Waals surface area contributed by atoms with Gasteiger partial charge in [-0.3, -0.25) is 4.79 Å². The molecule has 0 atom stereocenters. The Morgan fingerprint density at radius 3 is 2.71 bits per heavy atom. The molecule has 17 heavy (non-hydrogen) atoms. The molecule has 1 aromatic heterocycles. The van der Waals surface area contributed by atoms with Gasteiger partial charge in [0.25, 0.3) is 0 Å². The number of nitrogens with zero attached hydrogens (tertiary/aromatic N) is 1. The molecule has 88 valence electrons. The third kappa shape index (κ3) is 1.75. The van der Waals surface area contributed by atoms with E-state index in [-0.39, 0.29) is 11.3 Å². The number of aryl methyl sites for hydroxylation is 1. The van der Waals surface area contributed by atoms with Gasteiger partial charge in [-0.1, -0.05) is 0 Å². The van der Waals surface area contributed by atoms with Gasteiger partial charge >= 0.3 is 5.97 Å². The summed E-state index contributed by atoms with van der Waals surface area (Å²) in [4.78, 5) is 22.8. The van der Waals surface area contributed by atoms with Crippen LogP contribution in [0.25, 0.3) is 10.9 Å². The predicted molar refractivity (Wildman–Crippen MR) is 62.5 cm³/mol. The summed E-state index contributed by atoms with van der Waals surface area (Å²) in [6.45, 7) is 2.35. The van der Waals surface area contributed by atoms with Crippen LogP contribution in [0, 0.1) is 0 Å². The Morgan fingerprint density at radius 1 is 1.41 bits per heavy atom. The Labute approximate surface area is 96.5 Å². The molecule has 0 aliphatic rings. The lowest BCUT2D eigenvalue weighted by Gasteiger charge is -2.09. The number of carboxylic acids is 1. The molecule has 2 N–H and O–H groups in total. The van der Waals surface area contributed by atoms with Crippen LogP contribution in [0.4, 0.5) is 0 Å². The molecular weight excluding hydrogens is 222 g/mol. The van der Waals surface area contributed by atoms with E-state index in [9.17, 15) is 14.7 Å². The van der Waals surface area contributed by atoms with Crippen molar-refractivity contribution in [3.05, 3.63) is 40.2 Å². The Balaban J connectivity index is 2.95. The van der Waals surface area contributed by atoms with Gasteiger partial charge in [0.05, 0.1) is 5.52 Å². The topological polar surface area (TPSA) is 79.5 Å². The summed E-state index contributed by atoms with van der Waals surface area (Å²) in [5.74, 6) is -1.20.